The van der Waals surface area contributed by atoms with E-state index in [1.807, 2.05) is 0 Å². The molecule has 2 nitrogen and oxygen atoms in total. The van der Waals surface area contributed by atoms with Crippen molar-refractivity contribution in [3.63, 3.8) is 0 Å². The van der Waals surface area contributed by atoms with Crippen LogP contribution < -0.4 is 10.5 Å². The smallest absolute Gasteiger partial charge is 0.416 e. The molecule has 15 heavy (non-hydrogen) atoms. The first-order valence-corrected chi connectivity index (χ1v) is 4.55. The summed E-state index contributed by atoms with van der Waals surface area (Å²) in [5.74, 6) is 0.504. The van der Waals surface area contributed by atoms with Gasteiger partial charge in [-0.2, -0.15) is 13.2 Å². The molecule has 0 aromatic heterocycles. The highest BCUT2D eigenvalue weighted by Gasteiger charge is 2.31. The number of halogens is 3. The topological polar surface area (TPSA) is 35.2 Å². The van der Waals surface area contributed by atoms with Gasteiger partial charge in [-0.25, -0.2) is 0 Å². The zero-order valence-electron chi connectivity index (χ0n) is 7.84. The predicted molar refractivity (Wildman–Crippen MR) is 48.6 cm³/mol. The van der Waals surface area contributed by atoms with E-state index in [9.17, 15) is 13.2 Å². The lowest BCUT2D eigenvalue weighted by Crippen LogP contribution is -2.33. The van der Waals surface area contributed by atoms with Crippen LogP contribution in [0.4, 0.5) is 13.2 Å². The van der Waals surface area contributed by atoms with Gasteiger partial charge in [-0.3, -0.25) is 0 Å². The van der Waals surface area contributed by atoms with E-state index < -0.39 is 11.7 Å². The fourth-order valence-electron chi connectivity index (χ4n) is 1.59. The molecule has 0 fully saturated rings. The number of alkyl halides is 3. The Balaban J connectivity index is 2.37. The first-order valence-electron chi connectivity index (χ1n) is 4.55. The summed E-state index contributed by atoms with van der Waals surface area (Å²) < 4.78 is 42.4. The number of ether oxygens (including phenoxy) is 1. The van der Waals surface area contributed by atoms with Gasteiger partial charge in [0, 0.05) is 6.04 Å². The zero-order chi connectivity index (χ0) is 11.1. The minimum atomic E-state index is -4.31. The molecule has 5 heteroatoms. The molecule has 2 rings (SSSR count). The number of fused-ring (bicyclic) bond motifs is 1. The van der Waals surface area contributed by atoms with Crippen LogP contribution >= 0.6 is 0 Å². The van der Waals surface area contributed by atoms with Gasteiger partial charge in [0.05, 0.1) is 5.56 Å². The van der Waals surface area contributed by atoms with Crippen LogP contribution in [-0.2, 0) is 12.6 Å². The van der Waals surface area contributed by atoms with E-state index >= 15 is 0 Å². The minimum Gasteiger partial charge on any atom is -0.492 e. The Kier molecular flexibility index (Phi) is 2.34. The third-order valence-electron chi connectivity index (χ3n) is 2.32. The number of hydrogen-bond donors (Lipinski definition) is 1. The molecular formula is C10H10F3NO. The van der Waals surface area contributed by atoms with E-state index in [1.165, 1.54) is 6.07 Å². The molecule has 1 aliphatic heterocycles. The molecule has 1 atom stereocenters. The molecule has 0 spiro atoms. The Labute approximate surface area is 84.8 Å². The number of benzene rings is 1. The van der Waals surface area contributed by atoms with Gasteiger partial charge in [0.2, 0.25) is 0 Å². The van der Waals surface area contributed by atoms with Crippen molar-refractivity contribution in [1.29, 1.82) is 0 Å². The Hall–Kier alpha value is -1.23. The van der Waals surface area contributed by atoms with E-state index in [4.69, 9.17) is 10.5 Å². The maximum Gasteiger partial charge on any atom is 0.416 e. The number of hydrogen-bond acceptors (Lipinski definition) is 2. The van der Waals surface area contributed by atoms with Crippen LogP contribution in [0.3, 0.4) is 0 Å². The van der Waals surface area contributed by atoms with Crippen molar-refractivity contribution >= 4 is 0 Å². The first-order chi connectivity index (χ1) is 6.97. The molecular weight excluding hydrogens is 207 g/mol. The Morgan fingerprint density at radius 1 is 1.33 bits per heavy atom. The summed E-state index contributed by atoms with van der Waals surface area (Å²) in [6.07, 6.45) is -3.88. The van der Waals surface area contributed by atoms with Gasteiger partial charge in [0.1, 0.15) is 12.4 Å². The van der Waals surface area contributed by atoms with E-state index in [1.54, 1.807) is 0 Å². The van der Waals surface area contributed by atoms with Gasteiger partial charge in [-0.05, 0) is 30.2 Å². The molecule has 0 aliphatic carbocycles. The maximum atomic E-state index is 12.4. The fraction of sp³-hybridized carbons (Fsp3) is 0.400. The summed E-state index contributed by atoms with van der Waals surface area (Å²) in [4.78, 5) is 0. The van der Waals surface area contributed by atoms with E-state index in [2.05, 4.69) is 0 Å². The molecule has 0 radical (unpaired) electrons. The van der Waals surface area contributed by atoms with Crippen molar-refractivity contribution in [2.45, 2.75) is 18.6 Å². The van der Waals surface area contributed by atoms with Gasteiger partial charge in [0.15, 0.2) is 0 Å². The molecule has 0 saturated heterocycles. The van der Waals surface area contributed by atoms with Crippen LogP contribution in [0.1, 0.15) is 11.1 Å². The quantitative estimate of drug-likeness (QED) is 0.721. The molecule has 0 saturated carbocycles. The van der Waals surface area contributed by atoms with Crippen molar-refractivity contribution in [3.05, 3.63) is 29.3 Å². The normalized spacial score (nSPS) is 20.7. The second-order valence-corrected chi connectivity index (χ2v) is 3.60. The fourth-order valence-corrected chi connectivity index (χ4v) is 1.59. The van der Waals surface area contributed by atoms with Crippen LogP contribution in [0.2, 0.25) is 0 Å². The van der Waals surface area contributed by atoms with Crippen LogP contribution in [0.25, 0.3) is 0 Å². The maximum absolute atomic E-state index is 12.4. The molecule has 0 bridgehead atoms. The summed E-state index contributed by atoms with van der Waals surface area (Å²) in [6, 6.07) is 3.26. The van der Waals surface area contributed by atoms with Crippen LogP contribution in [0, 0.1) is 0 Å². The molecule has 1 heterocycles. The van der Waals surface area contributed by atoms with Gasteiger partial charge in [0.25, 0.3) is 0 Å². The van der Waals surface area contributed by atoms with E-state index in [0.717, 1.165) is 12.1 Å². The van der Waals surface area contributed by atoms with Crippen molar-refractivity contribution in [2.24, 2.45) is 5.73 Å². The highest BCUT2D eigenvalue weighted by Crippen LogP contribution is 2.34. The third kappa shape index (κ3) is 2.07. The standard InChI is InChI=1S/C10H10F3NO/c11-10(12,13)7-1-2-9-6(3-7)4-8(14)5-15-9/h1-3,8H,4-5,14H2/t8-/m1/s1. The Morgan fingerprint density at radius 3 is 2.73 bits per heavy atom. The average Bonchev–Trinajstić information content (AvgIpc) is 2.15. The second kappa shape index (κ2) is 3.41. The highest BCUT2D eigenvalue weighted by molar-refractivity contribution is 5.40. The number of nitrogens with two attached hydrogens (primary N) is 1. The van der Waals surface area contributed by atoms with Crippen molar-refractivity contribution < 1.29 is 17.9 Å². The highest BCUT2D eigenvalue weighted by atomic mass is 19.4. The van der Waals surface area contributed by atoms with Crippen LogP contribution in [0.15, 0.2) is 18.2 Å². The molecule has 82 valence electrons. The van der Waals surface area contributed by atoms with Gasteiger partial charge in [-0.1, -0.05) is 0 Å². The Morgan fingerprint density at radius 2 is 2.07 bits per heavy atom. The lowest BCUT2D eigenvalue weighted by Gasteiger charge is -2.23. The van der Waals surface area contributed by atoms with E-state index in [0.29, 0.717) is 24.3 Å². The largest absolute Gasteiger partial charge is 0.492 e. The molecule has 1 aromatic rings. The Bertz CT molecular complexity index is 375. The lowest BCUT2D eigenvalue weighted by molar-refractivity contribution is -0.137. The molecule has 1 aliphatic rings. The molecule has 0 unspecified atom stereocenters. The van der Waals surface area contributed by atoms with Gasteiger partial charge >= 0.3 is 6.18 Å². The second-order valence-electron chi connectivity index (χ2n) is 3.60. The van der Waals surface area contributed by atoms with Crippen molar-refractivity contribution in [3.8, 4) is 5.75 Å². The summed E-state index contributed by atoms with van der Waals surface area (Å²) in [5, 5.41) is 0. The van der Waals surface area contributed by atoms with Crippen LogP contribution in [0.5, 0.6) is 5.75 Å². The lowest BCUT2D eigenvalue weighted by atomic mass is 10.0. The summed E-state index contributed by atoms with van der Waals surface area (Å²) in [7, 11) is 0. The summed E-state index contributed by atoms with van der Waals surface area (Å²) in [5.41, 5.74) is 5.48. The van der Waals surface area contributed by atoms with Gasteiger partial charge in [-0.15, -0.1) is 0 Å². The van der Waals surface area contributed by atoms with Crippen molar-refractivity contribution in [2.75, 3.05) is 6.61 Å². The first kappa shape index (κ1) is 10.3. The summed E-state index contributed by atoms with van der Waals surface area (Å²) in [6.45, 7) is 0.359. The number of rotatable bonds is 0. The predicted octanol–water partition coefficient (Wildman–Crippen LogP) is 1.97. The zero-order valence-corrected chi connectivity index (χ0v) is 7.84. The average molecular weight is 217 g/mol. The minimum absolute atomic E-state index is 0.221. The molecule has 1 aromatic carbocycles. The molecule has 2 N–H and O–H groups in total. The monoisotopic (exact) mass is 217 g/mol. The van der Waals surface area contributed by atoms with Crippen molar-refractivity contribution in [1.82, 2.24) is 0 Å². The SMILES string of the molecule is N[C@H]1COc2ccc(C(F)(F)F)cc2C1. The molecule has 0 amide bonds. The van der Waals surface area contributed by atoms with Gasteiger partial charge < -0.3 is 10.5 Å². The summed E-state index contributed by atoms with van der Waals surface area (Å²) >= 11 is 0. The third-order valence-corrected chi connectivity index (χ3v) is 2.32. The van der Waals surface area contributed by atoms with Crippen LogP contribution in [-0.4, -0.2) is 12.6 Å². The van der Waals surface area contributed by atoms with E-state index in [-0.39, 0.29) is 6.04 Å².